The first-order valence-electron chi connectivity index (χ1n) is 9.15. The molecular weight excluding hydrogens is 334 g/mol. The topological polar surface area (TPSA) is 46.8 Å². The van der Waals surface area contributed by atoms with Crippen molar-refractivity contribution in [1.29, 1.82) is 0 Å². The van der Waals surface area contributed by atoms with Gasteiger partial charge in [-0.25, -0.2) is 0 Å². The summed E-state index contributed by atoms with van der Waals surface area (Å²) in [7, 11) is 0. The lowest BCUT2D eigenvalue weighted by atomic mass is 9.91. The molecule has 3 aromatic carbocycles. The molecule has 2 heterocycles. The molecule has 27 heavy (non-hydrogen) atoms. The molecule has 132 valence electrons. The van der Waals surface area contributed by atoms with Crippen molar-refractivity contribution in [3.05, 3.63) is 102 Å². The minimum atomic E-state index is -0.0347. The summed E-state index contributed by atoms with van der Waals surface area (Å²) >= 11 is 0. The van der Waals surface area contributed by atoms with Crippen molar-refractivity contribution in [3.8, 4) is 5.69 Å². The number of benzene rings is 3. The summed E-state index contributed by atoms with van der Waals surface area (Å²) in [6.07, 6.45) is 1.01. The van der Waals surface area contributed by atoms with Crippen molar-refractivity contribution < 1.29 is 0 Å². The molecule has 4 aromatic rings. The van der Waals surface area contributed by atoms with Crippen LogP contribution in [0.25, 0.3) is 5.69 Å². The molecule has 1 unspecified atom stereocenters. The molecule has 1 aromatic heterocycles. The number of hydrogen-bond acceptors (Lipinski definition) is 4. The van der Waals surface area contributed by atoms with Gasteiger partial charge in [0.2, 0.25) is 0 Å². The third-order valence-corrected chi connectivity index (χ3v) is 5.11. The van der Waals surface area contributed by atoms with Crippen molar-refractivity contribution in [1.82, 2.24) is 20.2 Å². The number of anilines is 1. The van der Waals surface area contributed by atoms with E-state index in [1.165, 1.54) is 16.8 Å². The Morgan fingerprint density at radius 2 is 1.41 bits per heavy atom. The Balaban J connectivity index is 1.69. The van der Waals surface area contributed by atoms with Crippen LogP contribution in [0.15, 0.2) is 84.9 Å². The zero-order valence-electron chi connectivity index (χ0n) is 14.8. The van der Waals surface area contributed by atoms with Crippen molar-refractivity contribution >= 4 is 5.69 Å². The Bertz CT molecular complexity index is 1040. The summed E-state index contributed by atoms with van der Waals surface area (Å²) in [5.41, 5.74) is 4.77. The average molecular weight is 353 g/mol. The lowest BCUT2D eigenvalue weighted by Crippen LogP contribution is -2.37. The molecule has 0 N–H and O–H groups in total. The summed E-state index contributed by atoms with van der Waals surface area (Å²) in [4.78, 5) is 2.40. The molecule has 1 aliphatic heterocycles. The highest BCUT2D eigenvalue weighted by atomic mass is 15.6. The van der Waals surface area contributed by atoms with E-state index < -0.39 is 0 Å². The van der Waals surface area contributed by atoms with Crippen LogP contribution < -0.4 is 4.90 Å². The van der Waals surface area contributed by atoms with Gasteiger partial charge in [-0.3, -0.25) is 0 Å². The van der Waals surface area contributed by atoms with Gasteiger partial charge in [-0.2, -0.15) is 4.68 Å². The quantitative estimate of drug-likeness (QED) is 0.562. The van der Waals surface area contributed by atoms with Crippen LogP contribution in [0.3, 0.4) is 0 Å². The van der Waals surface area contributed by atoms with Crippen LogP contribution in [-0.4, -0.2) is 26.8 Å². The second-order valence-corrected chi connectivity index (χ2v) is 6.66. The van der Waals surface area contributed by atoms with Crippen LogP contribution >= 0.6 is 0 Å². The second kappa shape index (κ2) is 6.68. The summed E-state index contributed by atoms with van der Waals surface area (Å²) in [6.45, 7) is 0.924. The summed E-state index contributed by atoms with van der Waals surface area (Å²) < 4.78 is 1.85. The fourth-order valence-corrected chi connectivity index (χ4v) is 3.86. The first-order valence-corrected chi connectivity index (χ1v) is 9.15. The van der Waals surface area contributed by atoms with Gasteiger partial charge in [-0.15, -0.1) is 5.10 Å². The third kappa shape index (κ3) is 2.77. The first-order chi connectivity index (χ1) is 13.4. The van der Waals surface area contributed by atoms with Gasteiger partial charge in [0.15, 0.2) is 5.82 Å². The van der Waals surface area contributed by atoms with Crippen LogP contribution in [0.2, 0.25) is 0 Å². The Kier molecular flexibility index (Phi) is 3.90. The third-order valence-electron chi connectivity index (χ3n) is 5.11. The predicted molar refractivity (Wildman–Crippen MR) is 105 cm³/mol. The van der Waals surface area contributed by atoms with E-state index in [9.17, 15) is 0 Å². The van der Waals surface area contributed by atoms with Gasteiger partial charge >= 0.3 is 0 Å². The highest BCUT2D eigenvalue weighted by Gasteiger charge is 2.33. The molecule has 1 aliphatic rings. The van der Waals surface area contributed by atoms with E-state index in [1.54, 1.807) is 0 Å². The number of para-hydroxylation sites is 2. The van der Waals surface area contributed by atoms with Crippen molar-refractivity contribution in [2.24, 2.45) is 0 Å². The van der Waals surface area contributed by atoms with E-state index in [-0.39, 0.29) is 6.04 Å². The molecular formula is C22H19N5. The molecule has 5 nitrogen and oxygen atoms in total. The van der Waals surface area contributed by atoms with Crippen LogP contribution in [0.5, 0.6) is 0 Å². The number of nitrogens with zero attached hydrogens (tertiary/aromatic N) is 5. The Morgan fingerprint density at radius 3 is 2.19 bits per heavy atom. The van der Waals surface area contributed by atoms with E-state index in [2.05, 4.69) is 69.0 Å². The van der Waals surface area contributed by atoms with Gasteiger partial charge in [0.05, 0.1) is 5.69 Å². The number of fused-ring (bicyclic) bond motifs is 1. The molecule has 0 aliphatic carbocycles. The highest BCUT2D eigenvalue weighted by molar-refractivity contribution is 5.54. The monoisotopic (exact) mass is 353 g/mol. The number of rotatable bonds is 3. The average Bonchev–Trinajstić information content (AvgIpc) is 3.23. The van der Waals surface area contributed by atoms with Crippen molar-refractivity contribution in [2.45, 2.75) is 12.5 Å². The lowest BCUT2D eigenvalue weighted by molar-refractivity contribution is 0.604. The molecule has 0 spiro atoms. The van der Waals surface area contributed by atoms with E-state index in [0.29, 0.717) is 0 Å². The summed E-state index contributed by atoms with van der Waals surface area (Å²) in [5, 5.41) is 12.8. The maximum atomic E-state index is 4.45. The molecule has 0 fully saturated rings. The van der Waals surface area contributed by atoms with Crippen molar-refractivity contribution in [3.63, 3.8) is 0 Å². The van der Waals surface area contributed by atoms with E-state index >= 15 is 0 Å². The molecule has 0 saturated heterocycles. The standard InChI is InChI=1S/C22H19N5/c1-3-10-18(11-4-1)26-16-15-17-9-7-8-14-20(17)21(26)22-23-24-25-27(22)19-12-5-2-6-13-19/h1-14,21H,15-16H2. The van der Waals surface area contributed by atoms with E-state index in [4.69, 9.17) is 0 Å². The van der Waals surface area contributed by atoms with Gasteiger partial charge in [-0.1, -0.05) is 60.7 Å². The minimum absolute atomic E-state index is 0.0347. The largest absolute Gasteiger partial charge is 0.357 e. The molecule has 5 rings (SSSR count). The molecule has 0 amide bonds. The van der Waals surface area contributed by atoms with Crippen LogP contribution in [0.1, 0.15) is 23.0 Å². The van der Waals surface area contributed by atoms with Gasteiger partial charge in [-0.05, 0) is 52.2 Å². The minimum Gasteiger partial charge on any atom is -0.357 e. The molecule has 1 atom stereocenters. The van der Waals surface area contributed by atoms with E-state index in [0.717, 1.165) is 24.5 Å². The van der Waals surface area contributed by atoms with E-state index in [1.807, 2.05) is 41.1 Å². The van der Waals surface area contributed by atoms with Crippen LogP contribution in [-0.2, 0) is 6.42 Å². The Hall–Kier alpha value is -3.47. The predicted octanol–water partition coefficient (Wildman–Crippen LogP) is 3.81. The van der Waals surface area contributed by atoms with Crippen LogP contribution in [0, 0.1) is 0 Å². The van der Waals surface area contributed by atoms with Gasteiger partial charge < -0.3 is 4.90 Å². The second-order valence-electron chi connectivity index (χ2n) is 6.66. The Morgan fingerprint density at radius 1 is 0.741 bits per heavy atom. The highest BCUT2D eigenvalue weighted by Crippen LogP contribution is 2.37. The molecule has 0 saturated carbocycles. The van der Waals surface area contributed by atoms with Crippen LogP contribution in [0.4, 0.5) is 5.69 Å². The normalized spacial score (nSPS) is 16.1. The van der Waals surface area contributed by atoms with Gasteiger partial charge in [0.1, 0.15) is 6.04 Å². The zero-order valence-corrected chi connectivity index (χ0v) is 14.8. The fourth-order valence-electron chi connectivity index (χ4n) is 3.86. The summed E-state index contributed by atoms with van der Waals surface area (Å²) in [5.74, 6) is 0.831. The SMILES string of the molecule is c1ccc(N2CCc3ccccc3C2c2nnnn2-c2ccccc2)cc1. The number of hydrogen-bond donors (Lipinski definition) is 0. The van der Waals surface area contributed by atoms with Gasteiger partial charge in [0, 0.05) is 12.2 Å². The first kappa shape index (κ1) is 15.8. The fraction of sp³-hybridized carbons (Fsp3) is 0.136. The smallest absolute Gasteiger partial charge is 0.183 e. The molecule has 5 heteroatoms. The zero-order chi connectivity index (χ0) is 18.1. The van der Waals surface area contributed by atoms with Crippen molar-refractivity contribution in [2.75, 3.05) is 11.4 Å². The Labute approximate surface area is 157 Å². The summed E-state index contributed by atoms with van der Waals surface area (Å²) in [6, 6.07) is 29.1. The molecule has 0 bridgehead atoms. The number of tetrazole rings is 1. The molecule has 0 radical (unpaired) electrons. The maximum absolute atomic E-state index is 4.45. The maximum Gasteiger partial charge on any atom is 0.183 e. The number of aromatic nitrogens is 4. The lowest BCUT2D eigenvalue weighted by Gasteiger charge is -2.38. The van der Waals surface area contributed by atoms with Gasteiger partial charge in [0.25, 0.3) is 0 Å².